The molecule has 2 aliphatic rings. The first-order valence-corrected chi connectivity index (χ1v) is 7.66. The summed E-state index contributed by atoms with van der Waals surface area (Å²) in [5, 5.41) is 0. The first-order valence-electron chi connectivity index (χ1n) is 7.66. The fourth-order valence-electron chi connectivity index (χ4n) is 3.67. The number of nitrogens with zero attached hydrogens (tertiary/aromatic N) is 1. The van der Waals surface area contributed by atoms with Crippen LogP contribution in [-0.2, 0) is 11.2 Å². The van der Waals surface area contributed by atoms with Crippen LogP contribution in [0.1, 0.15) is 51.0 Å². The maximum atomic E-state index is 12.8. The molecule has 102 valence electrons. The van der Waals surface area contributed by atoms with E-state index in [4.69, 9.17) is 0 Å². The van der Waals surface area contributed by atoms with Gasteiger partial charge in [0.1, 0.15) is 0 Å². The Morgan fingerprint density at radius 2 is 1.74 bits per heavy atom. The van der Waals surface area contributed by atoms with E-state index in [1.165, 1.54) is 24.8 Å². The molecule has 1 aromatic rings. The van der Waals surface area contributed by atoms with Crippen molar-refractivity contribution in [1.29, 1.82) is 0 Å². The quantitative estimate of drug-likeness (QED) is 0.786. The molecule has 1 aromatic carbocycles. The molecule has 0 bridgehead atoms. The van der Waals surface area contributed by atoms with Crippen molar-refractivity contribution in [3.8, 4) is 0 Å². The van der Waals surface area contributed by atoms with E-state index >= 15 is 0 Å². The highest BCUT2D eigenvalue weighted by Crippen LogP contribution is 2.45. The maximum absolute atomic E-state index is 12.8. The third kappa shape index (κ3) is 2.18. The van der Waals surface area contributed by atoms with Crippen LogP contribution in [0.3, 0.4) is 0 Å². The van der Waals surface area contributed by atoms with E-state index in [1.54, 1.807) is 0 Å². The molecule has 1 spiro atoms. The number of anilines is 1. The Kier molecular flexibility index (Phi) is 3.34. The molecule has 1 aliphatic carbocycles. The van der Waals surface area contributed by atoms with Crippen molar-refractivity contribution in [2.75, 3.05) is 11.4 Å². The number of hydrogen-bond donors (Lipinski definition) is 0. The van der Waals surface area contributed by atoms with Gasteiger partial charge in [-0.1, -0.05) is 38.3 Å². The van der Waals surface area contributed by atoms with E-state index in [1.807, 2.05) is 4.90 Å². The Labute approximate surface area is 115 Å². The molecule has 1 aliphatic heterocycles. The lowest BCUT2D eigenvalue weighted by Crippen LogP contribution is -2.36. The van der Waals surface area contributed by atoms with Crippen molar-refractivity contribution < 1.29 is 4.79 Å². The van der Waals surface area contributed by atoms with Gasteiger partial charge in [-0.25, -0.2) is 0 Å². The highest BCUT2D eigenvalue weighted by Gasteiger charge is 2.47. The van der Waals surface area contributed by atoms with Crippen LogP contribution in [0, 0.1) is 5.41 Å². The van der Waals surface area contributed by atoms with Gasteiger partial charge >= 0.3 is 0 Å². The Balaban J connectivity index is 1.80. The molecule has 0 aromatic heterocycles. The van der Waals surface area contributed by atoms with Gasteiger partial charge in [0.05, 0.1) is 5.41 Å². The van der Waals surface area contributed by atoms with Crippen LogP contribution in [0.15, 0.2) is 24.3 Å². The topological polar surface area (TPSA) is 20.3 Å². The third-order valence-electron chi connectivity index (χ3n) is 4.98. The molecule has 2 heteroatoms. The summed E-state index contributed by atoms with van der Waals surface area (Å²) in [7, 11) is 0. The van der Waals surface area contributed by atoms with Crippen molar-refractivity contribution in [2.45, 2.75) is 51.9 Å². The van der Waals surface area contributed by atoms with E-state index in [0.29, 0.717) is 5.91 Å². The van der Waals surface area contributed by atoms with Crippen LogP contribution >= 0.6 is 0 Å². The summed E-state index contributed by atoms with van der Waals surface area (Å²) in [5.74, 6) is 0.386. The number of hydrogen-bond acceptors (Lipinski definition) is 1. The van der Waals surface area contributed by atoms with Crippen molar-refractivity contribution in [3.63, 3.8) is 0 Å². The number of benzene rings is 1. The second kappa shape index (κ2) is 4.99. The maximum Gasteiger partial charge on any atom is 0.233 e. The lowest BCUT2D eigenvalue weighted by Gasteiger charge is -2.31. The highest BCUT2D eigenvalue weighted by molar-refractivity contribution is 5.99. The molecular weight excluding hydrogens is 234 g/mol. The molecule has 2 nitrogen and oxygen atoms in total. The van der Waals surface area contributed by atoms with Gasteiger partial charge in [-0.15, -0.1) is 0 Å². The molecular formula is C17H23NO. The zero-order valence-corrected chi connectivity index (χ0v) is 11.8. The predicted octanol–water partition coefficient (Wildman–Crippen LogP) is 3.94. The number of carbonyl (C=O) groups excluding carboxylic acids is 1. The highest BCUT2D eigenvalue weighted by atomic mass is 16.2. The Bertz CT molecular complexity index is 457. The summed E-state index contributed by atoms with van der Waals surface area (Å²) in [6.07, 6.45) is 8.09. The molecule has 19 heavy (non-hydrogen) atoms. The van der Waals surface area contributed by atoms with Gasteiger partial charge in [-0.3, -0.25) is 4.79 Å². The molecule has 1 heterocycles. The zero-order valence-electron chi connectivity index (χ0n) is 11.8. The molecule has 0 unspecified atom stereocenters. The smallest absolute Gasteiger partial charge is 0.233 e. The average molecular weight is 257 g/mol. The summed E-state index contributed by atoms with van der Waals surface area (Å²) in [4.78, 5) is 14.8. The van der Waals surface area contributed by atoms with E-state index in [9.17, 15) is 4.79 Å². The van der Waals surface area contributed by atoms with Gasteiger partial charge in [0.2, 0.25) is 5.91 Å². The zero-order chi connectivity index (χ0) is 13.3. The first kappa shape index (κ1) is 12.7. The second-order valence-corrected chi connectivity index (χ2v) is 6.07. The minimum atomic E-state index is -0.0122. The summed E-state index contributed by atoms with van der Waals surface area (Å²) < 4.78 is 0. The molecule has 1 saturated heterocycles. The molecule has 0 N–H and O–H groups in total. The minimum Gasteiger partial charge on any atom is -0.312 e. The average Bonchev–Trinajstić information content (AvgIpc) is 2.77. The minimum absolute atomic E-state index is 0.0122. The largest absolute Gasteiger partial charge is 0.312 e. The van der Waals surface area contributed by atoms with E-state index in [-0.39, 0.29) is 5.41 Å². The first-order chi connectivity index (χ1) is 9.25. The van der Waals surface area contributed by atoms with Crippen LogP contribution in [0.5, 0.6) is 0 Å². The van der Waals surface area contributed by atoms with E-state index in [0.717, 1.165) is 37.9 Å². The van der Waals surface area contributed by atoms with Gasteiger partial charge in [0, 0.05) is 12.2 Å². The summed E-state index contributed by atoms with van der Waals surface area (Å²) in [5.41, 5.74) is 2.41. The fraction of sp³-hybridized carbons (Fsp3) is 0.588. The Morgan fingerprint density at radius 1 is 1.05 bits per heavy atom. The van der Waals surface area contributed by atoms with Gasteiger partial charge in [0.25, 0.3) is 0 Å². The van der Waals surface area contributed by atoms with E-state index < -0.39 is 0 Å². The predicted molar refractivity (Wildman–Crippen MR) is 78.3 cm³/mol. The molecule has 0 atom stereocenters. The number of aryl methyl sites for hydroxylation is 1. The standard InChI is InChI=1S/C17H23NO/c1-2-14-6-8-15(9-7-14)18-13-12-17(16(18)19)10-4-3-5-11-17/h6-9H,2-5,10-13H2,1H3. The lowest BCUT2D eigenvalue weighted by atomic mass is 9.73. The normalized spacial score (nSPS) is 22.2. The molecule has 2 fully saturated rings. The van der Waals surface area contributed by atoms with Gasteiger partial charge in [-0.2, -0.15) is 0 Å². The van der Waals surface area contributed by atoms with Crippen molar-refractivity contribution in [3.05, 3.63) is 29.8 Å². The number of carbonyl (C=O) groups is 1. The van der Waals surface area contributed by atoms with Crippen molar-refractivity contribution in [2.24, 2.45) is 5.41 Å². The van der Waals surface area contributed by atoms with Gasteiger partial charge in [-0.05, 0) is 43.4 Å². The van der Waals surface area contributed by atoms with Crippen LogP contribution in [-0.4, -0.2) is 12.5 Å². The van der Waals surface area contributed by atoms with Gasteiger partial charge in [0.15, 0.2) is 0 Å². The molecule has 0 radical (unpaired) electrons. The van der Waals surface area contributed by atoms with Crippen molar-refractivity contribution in [1.82, 2.24) is 0 Å². The lowest BCUT2D eigenvalue weighted by molar-refractivity contribution is -0.127. The van der Waals surface area contributed by atoms with Crippen LogP contribution in [0.25, 0.3) is 0 Å². The van der Waals surface area contributed by atoms with E-state index in [2.05, 4.69) is 31.2 Å². The monoisotopic (exact) mass is 257 g/mol. The molecule has 1 amide bonds. The number of rotatable bonds is 2. The van der Waals surface area contributed by atoms with Crippen LogP contribution < -0.4 is 4.90 Å². The summed E-state index contributed by atoms with van der Waals surface area (Å²) in [6.45, 7) is 3.07. The number of amides is 1. The van der Waals surface area contributed by atoms with Crippen molar-refractivity contribution >= 4 is 11.6 Å². The Hall–Kier alpha value is -1.31. The molecule has 1 saturated carbocycles. The summed E-state index contributed by atoms with van der Waals surface area (Å²) in [6, 6.07) is 8.51. The third-order valence-corrected chi connectivity index (χ3v) is 4.98. The van der Waals surface area contributed by atoms with Crippen LogP contribution in [0.2, 0.25) is 0 Å². The second-order valence-electron chi connectivity index (χ2n) is 6.07. The summed E-state index contributed by atoms with van der Waals surface area (Å²) >= 11 is 0. The Morgan fingerprint density at radius 3 is 2.37 bits per heavy atom. The molecule has 3 rings (SSSR count). The van der Waals surface area contributed by atoms with Gasteiger partial charge < -0.3 is 4.90 Å². The van der Waals surface area contributed by atoms with Crippen LogP contribution in [0.4, 0.5) is 5.69 Å². The fourth-order valence-corrected chi connectivity index (χ4v) is 3.67. The SMILES string of the molecule is CCc1ccc(N2CCC3(CCCCC3)C2=O)cc1.